The predicted molar refractivity (Wildman–Crippen MR) is 75.9 cm³/mol. The Morgan fingerprint density at radius 1 is 1.44 bits per heavy atom. The van der Waals surface area contributed by atoms with Gasteiger partial charge in [0.25, 0.3) is 0 Å². The van der Waals surface area contributed by atoms with E-state index in [9.17, 15) is 10.1 Å². The molecule has 0 N–H and O–H groups in total. The van der Waals surface area contributed by atoms with Crippen molar-refractivity contribution in [2.75, 3.05) is 0 Å². The number of Topliss-reactive ketones (excluding diaryl/α,β-unsaturated/α-hetero) is 1. The van der Waals surface area contributed by atoms with E-state index in [1.807, 2.05) is 42.6 Å². The van der Waals surface area contributed by atoms with Gasteiger partial charge in [0.15, 0.2) is 5.78 Å². The summed E-state index contributed by atoms with van der Waals surface area (Å²) in [6, 6.07) is 11.3. The predicted octanol–water partition coefficient (Wildman–Crippen LogP) is 4.31. The summed E-state index contributed by atoms with van der Waals surface area (Å²) >= 11 is 4.80. The summed E-state index contributed by atoms with van der Waals surface area (Å²) in [6.45, 7) is 1.93. The fraction of sp³-hybridized carbons (Fsp3) is 0.143. The molecule has 1 atom stereocenters. The number of carbonyl (C=O) groups excluding carboxylic acids is 1. The highest BCUT2D eigenvalue weighted by Crippen LogP contribution is 2.28. The quantitative estimate of drug-likeness (QED) is 0.791. The second-order valence-corrected chi connectivity index (χ2v) is 5.76. The third-order valence-corrected chi connectivity index (χ3v) is 4.23. The largest absolute Gasteiger partial charge is 0.292 e. The van der Waals surface area contributed by atoms with Gasteiger partial charge < -0.3 is 0 Å². The van der Waals surface area contributed by atoms with Crippen LogP contribution in [-0.2, 0) is 0 Å². The second-order valence-electron chi connectivity index (χ2n) is 3.93. The van der Waals surface area contributed by atoms with Gasteiger partial charge in [-0.3, -0.25) is 4.79 Å². The Labute approximate surface area is 118 Å². The highest BCUT2D eigenvalue weighted by atomic mass is 79.9. The molecule has 2 rings (SSSR count). The number of nitriles is 1. The van der Waals surface area contributed by atoms with Crippen LogP contribution in [0.4, 0.5) is 0 Å². The molecule has 90 valence electrons. The van der Waals surface area contributed by atoms with E-state index in [0.717, 1.165) is 14.9 Å². The third kappa shape index (κ3) is 2.53. The molecule has 0 aliphatic heterocycles. The average Bonchev–Trinajstić information content (AvgIpc) is 2.87. The van der Waals surface area contributed by atoms with E-state index in [0.29, 0.717) is 5.56 Å². The molecule has 2 nitrogen and oxygen atoms in total. The minimum atomic E-state index is -0.719. The maximum absolute atomic E-state index is 12.4. The van der Waals surface area contributed by atoms with Crippen molar-refractivity contribution in [1.82, 2.24) is 0 Å². The lowest BCUT2D eigenvalue weighted by atomic mass is 9.96. The molecule has 0 saturated heterocycles. The van der Waals surface area contributed by atoms with Gasteiger partial charge in [0, 0.05) is 14.9 Å². The number of ketones is 1. The Hall–Kier alpha value is -1.44. The van der Waals surface area contributed by atoms with Gasteiger partial charge in [-0.2, -0.15) is 5.26 Å². The summed E-state index contributed by atoms with van der Waals surface area (Å²) in [7, 11) is 0. The first-order valence-electron chi connectivity index (χ1n) is 5.37. The molecule has 0 aliphatic carbocycles. The first-order valence-corrected chi connectivity index (χ1v) is 7.04. The molecule has 4 heteroatoms. The Bertz CT molecular complexity index is 613. The van der Waals surface area contributed by atoms with E-state index in [2.05, 4.69) is 22.0 Å². The number of aryl methyl sites for hydroxylation is 1. The summed E-state index contributed by atoms with van der Waals surface area (Å²) in [5.74, 6) is -0.876. The molecule has 18 heavy (non-hydrogen) atoms. The van der Waals surface area contributed by atoms with Crippen molar-refractivity contribution in [3.63, 3.8) is 0 Å². The molecular weight excluding hydrogens is 310 g/mol. The molecule has 0 saturated carbocycles. The summed E-state index contributed by atoms with van der Waals surface area (Å²) in [5.41, 5.74) is 1.57. The summed E-state index contributed by atoms with van der Waals surface area (Å²) < 4.78 is 0.731. The van der Waals surface area contributed by atoms with Crippen LogP contribution >= 0.6 is 27.3 Å². The minimum absolute atomic E-state index is 0.157. The van der Waals surface area contributed by atoms with Crippen molar-refractivity contribution < 1.29 is 4.79 Å². The van der Waals surface area contributed by atoms with Crippen LogP contribution in [0.25, 0.3) is 0 Å². The van der Waals surface area contributed by atoms with Crippen LogP contribution in [0.3, 0.4) is 0 Å². The molecule has 0 aliphatic rings. The van der Waals surface area contributed by atoms with Gasteiger partial charge in [-0.05, 0) is 30.5 Å². The van der Waals surface area contributed by atoms with Gasteiger partial charge in [0.1, 0.15) is 5.92 Å². The Morgan fingerprint density at radius 2 is 2.22 bits per heavy atom. The molecule has 1 aromatic heterocycles. The Kier molecular flexibility index (Phi) is 3.95. The molecule has 0 amide bonds. The summed E-state index contributed by atoms with van der Waals surface area (Å²) in [4.78, 5) is 13.2. The van der Waals surface area contributed by atoms with Crippen LogP contribution in [0.5, 0.6) is 0 Å². The van der Waals surface area contributed by atoms with E-state index < -0.39 is 5.92 Å². The standard InChI is InChI=1S/C14H10BrNOS/c1-9-4-5-12(15)10(7-9)14(17)11(8-16)13-3-2-6-18-13/h2-7,11H,1H3. The van der Waals surface area contributed by atoms with E-state index in [-0.39, 0.29) is 5.78 Å². The van der Waals surface area contributed by atoms with Gasteiger partial charge in [-0.25, -0.2) is 0 Å². The highest BCUT2D eigenvalue weighted by Gasteiger charge is 2.24. The highest BCUT2D eigenvalue weighted by molar-refractivity contribution is 9.10. The van der Waals surface area contributed by atoms with E-state index in [1.165, 1.54) is 11.3 Å². The topological polar surface area (TPSA) is 40.9 Å². The summed E-state index contributed by atoms with van der Waals surface area (Å²) in [5, 5.41) is 11.1. The first-order chi connectivity index (χ1) is 8.63. The zero-order valence-electron chi connectivity index (χ0n) is 9.68. The number of carbonyl (C=O) groups is 1. The molecule has 1 heterocycles. The molecule has 1 aromatic carbocycles. The number of halogens is 1. The van der Waals surface area contributed by atoms with Crippen molar-refractivity contribution in [3.8, 4) is 6.07 Å². The number of hydrogen-bond acceptors (Lipinski definition) is 3. The number of thiophene rings is 1. The van der Waals surface area contributed by atoms with Crippen LogP contribution in [-0.4, -0.2) is 5.78 Å². The SMILES string of the molecule is Cc1ccc(Br)c(C(=O)C(C#N)c2cccs2)c1. The van der Waals surface area contributed by atoms with Crippen LogP contribution < -0.4 is 0 Å². The molecule has 0 bridgehead atoms. The lowest BCUT2D eigenvalue weighted by Crippen LogP contribution is -2.11. The van der Waals surface area contributed by atoms with E-state index >= 15 is 0 Å². The zero-order valence-corrected chi connectivity index (χ0v) is 12.1. The van der Waals surface area contributed by atoms with Crippen LogP contribution in [0.2, 0.25) is 0 Å². The molecule has 1 unspecified atom stereocenters. The van der Waals surface area contributed by atoms with E-state index in [4.69, 9.17) is 0 Å². The maximum Gasteiger partial charge on any atom is 0.186 e. The normalized spacial score (nSPS) is 11.8. The van der Waals surface area contributed by atoms with Crippen LogP contribution in [0, 0.1) is 18.3 Å². The zero-order chi connectivity index (χ0) is 13.1. The van der Waals surface area contributed by atoms with Gasteiger partial charge in [0.2, 0.25) is 0 Å². The Morgan fingerprint density at radius 3 is 2.83 bits per heavy atom. The lowest BCUT2D eigenvalue weighted by molar-refractivity contribution is 0.0979. The number of nitrogens with zero attached hydrogens (tertiary/aromatic N) is 1. The molecule has 0 radical (unpaired) electrons. The van der Waals surface area contributed by atoms with Crippen LogP contribution in [0.1, 0.15) is 26.7 Å². The summed E-state index contributed by atoms with van der Waals surface area (Å²) in [6.07, 6.45) is 0. The minimum Gasteiger partial charge on any atom is -0.292 e. The van der Waals surface area contributed by atoms with Crippen molar-refractivity contribution in [2.45, 2.75) is 12.8 Å². The van der Waals surface area contributed by atoms with Crippen molar-refractivity contribution in [3.05, 3.63) is 56.2 Å². The van der Waals surface area contributed by atoms with Gasteiger partial charge in [-0.1, -0.05) is 33.6 Å². The van der Waals surface area contributed by atoms with Crippen LogP contribution in [0.15, 0.2) is 40.2 Å². The van der Waals surface area contributed by atoms with Crippen molar-refractivity contribution >= 4 is 33.0 Å². The van der Waals surface area contributed by atoms with Crippen molar-refractivity contribution in [1.29, 1.82) is 5.26 Å². The fourth-order valence-corrected chi connectivity index (χ4v) is 2.90. The number of hydrogen-bond donors (Lipinski definition) is 0. The van der Waals surface area contributed by atoms with Gasteiger partial charge >= 0.3 is 0 Å². The van der Waals surface area contributed by atoms with E-state index in [1.54, 1.807) is 0 Å². The third-order valence-electron chi connectivity index (χ3n) is 2.61. The number of benzene rings is 1. The average molecular weight is 320 g/mol. The van der Waals surface area contributed by atoms with Crippen molar-refractivity contribution in [2.24, 2.45) is 0 Å². The molecule has 0 fully saturated rings. The molecule has 2 aromatic rings. The first kappa shape index (κ1) is 13.0. The monoisotopic (exact) mass is 319 g/mol. The van der Waals surface area contributed by atoms with Gasteiger partial charge in [-0.15, -0.1) is 11.3 Å². The second kappa shape index (κ2) is 5.47. The molecular formula is C14H10BrNOS. The lowest BCUT2D eigenvalue weighted by Gasteiger charge is -2.08. The molecule has 0 spiro atoms. The van der Waals surface area contributed by atoms with Gasteiger partial charge in [0.05, 0.1) is 6.07 Å². The maximum atomic E-state index is 12.4. The number of rotatable bonds is 3. The smallest absolute Gasteiger partial charge is 0.186 e. The Balaban J connectivity index is 2.42. The fourth-order valence-electron chi connectivity index (χ4n) is 1.69.